The number of aromatic carboxylic acids is 1. The van der Waals surface area contributed by atoms with E-state index in [1.54, 1.807) is 14.2 Å². The van der Waals surface area contributed by atoms with Crippen LogP contribution in [0.4, 0.5) is 0 Å². The molecule has 112 valence electrons. The van der Waals surface area contributed by atoms with E-state index in [4.69, 9.17) is 14.6 Å². The molecule has 0 aliphatic carbocycles. The number of carbonyl (C=O) groups is 1. The smallest absolute Gasteiger partial charge is 0.353 e. The summed E-state index contributed by atoms with van der Waals surface area (Å²) in [5.41, 5.74) is 2.21. The Balaban J connectivity index is 2.62. The molecular formula is C15H18N2O4. The van der Waals surface area contributed by atoms with Crippen LogP contribution in [-0.4, -0.2) is 35.5 Å². The van der Waals surface area contributed by atoms with Gasteiger partial charge in [0.05, 0.1) is 19.9 Å². The van der Waals surface area contributed by atoms with Gasteiger partial charge in [-0.15, -0.1) is 0 Å². The van der Waals surface area contributed by atoms with Gasteiger partial charge in [0.1, 0.15) is 17.2 Å². The molecule has 0 amide bonds. The standard InChI is InChI=1S/C15H18N2O4/c1-8(2)13-12(20-3)6-5-9(14(13)21-4)10-7-11(15(18)19)17-16-10/h5-8H,1-4H3,(H,16,17)(H,18,19). The fourth-order valence-corrected chi connectivity index (χ4v) is 2.30. The number of nitrogens with one attached hydrogen (secondary N) is 1. The molecule has 0 atom stereocenters. The first kappa shape index (κ1) is 14.9. The maximum Gasteiger partial charge on any atom is 0.353 e. The van der Waals surface area contributed by atoms with Gasteiger partial charge in [0.25, 0.3) is 0 Å². The predicted octanol–water partition coefficient (Wildman–Crippen LogP) is 2.92. The second-order valence-corrected chi connectivity index (χ2v) is 4.89. The van der Waals surface area contributed by atoms with E-state index in [2.05, 4.69) is 10.2 Å². The summed E-state index contributed by atoms with van der Waals surface area (Å²) in [6.07, 6.45) is 0. The highest BCUT2D eigenvalue weighted by atomic mass is 16.5. The number of aromatic amines is 1. The number of carboxylic acids is 1. The molecule has 1 heterocycles. The van der Waals surface area contributed by atoms with E-state index in [0.717, 1.165) is 16.9 Å². The number of ether oxygens (including phenoxy) is 2. The molecule has 0 aliphatic heterocycles. The molecule has 2 aromatic rings. The Morgan fingerprint density at radius 3 is 2.48 bits per heavy atom. The fourth-order valence-electron chi connectivity index (χ4n) is 2.30. The van der Waals surface area contributed by atoms with E-state index >= 15 is 0 Å². The van der Waals surface area contributed by atoms with Crippen LogP contribution in [0.5, 0.6) is 11.5 Å². The number of carboxylic acid groups (broad SMARTS) is 1. The molecule has 0 aliphatic rings. The third kappa shape index (κ3) is 2.69. The van der Waals surface area contributed by atoms with E-state index in [1.807, 2.05) is 26.0 Å². The molecule has 2 N–H and O–H groups in total. The van der Waals surface area contributed by atoms with Crippen molar-refractivity contribution >= 4 is 5.97 Å². The second kappa shape index (κ2) is 5.87. The lowest BCUT2D eigenvalue weighted by Crippen LogP contribution is -2.00. The van der Waals surface area contributed by atoms with Crippen molar-refractivity contribution < 1.29 is 19.4 Å². The molecule has 0 saturated heterocycles. The van der Waals surface area contributed by atoms with Crippen LogP contribution < -0.4 is 9.47 Å². The van der Waals surface area contributed by atoms with Crippen LogP contribution in [0.2, 0.25) is 0 Å². The van der Waals surface area contributed by atoms with E-state index in [0.29, 0.717) is 11.4 Å². The van der Waals surface area contributed by atoms with Gasteiger partial charge in [0.15, 0.2) is 0 Å². The number of hydrogen-bond donors (Lipinski definition) is 2. The van der Waals surface area contributed by atoms with Crippen LogP contribution >= 0.6 is 0 Å². The van der Waals surface area contributed by atoms with E-state index in [1.165, 1.54) is 6.07 Å². The fraction of sp³-hybridized carbons (Fsp3) is 0.333. The van der Waals surface area contributed by atoms with Crippen molar-refractivity contribution in [2.24, 2.45) is 0 Å². The Kier molecular flexibility index (Phi) is 4.16. The van der Waals surface area contributed by atoms with E-state index in [-0.39, 0.29) is 11.6 Å². The monoisotopic (exact) mass is 290 g/mol. The SMILES string of the molecule is COc1ccc(-c2cc(C(=O)O)[nH]n2)c(OC)c1C(C)C. The average molecular weight is 290 g/mol. The molecule has 1 aromatic heterocycles. The summed E-state index contributed by atoms with van der Waals surface area (Å²) >= 11 is 0. The maximum atomic E-state index is 11.0. The summed E-state index contributed by atoms with van der Waals surface area (Å²) < 4.78 is 10.9. The van der Waals surface area contributed by atoms with E-state index < -0.39 is 5.97 Å². The summed E-state index contributed by atoms with van der Waals surface area (Å²) in [6.45, 7) is 4.08. The highest BCUT2D eigenvalue weighted by molar-refractivity contribution is 5.87. The molecule has 1 aromatic carbocycles. The number of benzene rings is 1. The quantitative estimate of drug-likeness (QED) is 0.884. The van der Waals surface area contributed by atoms with E-state index in [9.17, 15) is 4.79 Å². The third-order valence-electron chi connectivity index (χ3n) is 3.24. The van der Waals surface area contributed by atoms with Crippen LogP contribution in [0.15, 0.2) is 18.2 Å². The minimum atomic E-state index is -1.05. The zero-order valence-electron chi connectivity index (χ0n) is 12.4. The molecular weight excluding hydrogens is 272 g/mol. The van der Waals surface area contributed by atoms with Crippen molar-refractivity contribution in [2.75, 3.05) is 14.2 Å². The Labute approximate surface area is 122 Å². The molecule has 0 radical (unpaired) electrons. The Morgan fingerprint density at radius 1 is 1.29 bits per heavy atom. The predicted molar refractivity (Wildman–Crippen MR) is 78.2 cm³/mol. The molecule has 0 fully saturated rings. The minimum Gasteiger partial charge on any atom is -0.496 e. The summed E-state index contributed by atoms with van der Waals surface area (Å²) in [4.78, 5) is 11.0. The van der Waals surface area contributed by atoms with Crippen LogP contribution in [-0.2, 0) is 0 Å². The maximum absolute atomic E-state index is 11.0. The lowest BCUT2D eigenvalue weighted by Gasteiger charge is -2.18. The molecule has 21 heavy (non-hydrogen) atoms. The number of rotatable bonds is 5. The normalized spacial score (nSPS) is 10.7. The summed E-state index contributed by atoms with van der Waals surface area (Å²) in [5, 5.41) is 15.5. The second-order valence-electron chi connectivity index (χ2n) is 4.89. The van der Waals surface area contributed by atoms with Crippen molar-refractivity contribution in [3.63, 3.8) is 0 Å². The van der Waals surface area contributed by atoms with Gasteiger partial charge in [-0.05, 0) is 24.1 Å². The van der Waals surface area contributed by atoms with Crippen LogP contribution in [0.1, 0.15) is 35.8 Å². The lowest BCUT2D eigenvalue weighted by molar-refractivity contribution is 0.0690. The van der Waals surface area contributed by atoms with Crippen molar-refractivity contribution in [1.29, 1.82) is 0 Å². The molecule has 0 spiro atoms. The molecule has 0 bridgehead atoms. The van der Waals surface area contributed by atoms with Gasteiger partial charge in [-0.1, -0.05) is 13.8 Å². The number of hydrogen-bond acceptors (Lipinski definition) is 4. The highest BCUT2D eigenvalue weighted by Gasteiger charge is 2.20. The van der Waals surface area contributed by atoms with Crippen LogP contribution in [0.25, 0.3) is 11.3 Å². The highest BCUT2D eigenvalue weighted by Crippen LogP contribution is 2.41. The van der Waals surface area contributed by atoms with Crippen LogP contribution in [0.3, 0.4) is 0 Å². The first-order valence-electron chi connectivity index (χ1n) is 6.53. The lowest BCUT2D eigenvalue weighted by atomic mass is 9.96. The minimum absolute atomic E-state index is 0.0361. The Bertz CT molecular complexity index is 662. The van der Waals surface area contributed by atoms with Gasteiger partial charge in [-0.3, -0.25) is 5.10 Å². The third-order valence-corrected chi connectivity index (χ3v) is 3.24. The van der Waals surface area contributed by atoms with Gasteiger partial charge in [0.2, 0.25) is 0 Å². The number of aromatic nitrogens is 2. The molecule has 0 saturated carbocycles. The molecule has 6 heteroatoms. The topological polar surface area (TPSA) is 84.4 Å². The number of H-pyrrole nitrogens is 1. The first-order chi connectivity index (χ1) is 9.99. The largest absolute Gasteiger partial charge is 0.496 e. The first-order valence-corrected chi connectivity index (χ1v) is 6.53. The summed E-state index contributed by atoms with van der Waals surface area (Å²) in [7, 11) is 3.19. The van der Waals surface area contributed by atoms with Gasteiger partial charge in [-0.25, -0.2) is 4.79 Å². The van der Waals surface area contributed by atoms with Crippen molar-refractivity contribution in [3.05, 3.63) is 29.5 Å². The van der Waals surface area contributed by atoms with Crippen LogP contribution in [0, 0.1) is 0 Å². The van der Waals surface area contributed by atoms with Gasteiger partial charge < -0.3 is 14.6 Å². The van der Waals surface area contributed by atoms with Crippen molar-refractivity contribution in [3.8, 4) is 22.8 Å². The van der Waals surface area contributed by atoms with Gasteiger partial charge >= 0.3 is 5.97 Å². The zero-order valence-corrected chi connectivity index (χ0v) is 12.4. The average Bonchev–Trinajstić information content (AvgIpc) is 2.95. The number of methoxy groups -OCH3 is 2. The number of nitrogens with zero attached hydrogens (tertiary/aromatic N) is 1. The molecule has 6 nitrogen and oxygen atoms in total. The Hall–Kier alpha value is -2.50. The Morgan fingerprint density at radius 2 is 2.00 bits per heavy atom. The summed E-state index contributed by atoms with van der Waals surface area (Å²) in [5.74, 6) is 0.519. The van der Waals surface area contributed by atoms with Gasteiger partial charge in [0, 0.05) is 11.1 Å². The molecule has 0 unspecified atom stereocenters. The van der Waals surface area contributed by atoms with Crippen molar-refractivity contribution in [2.45, 2.75) is 19.8 Å². The zero-order chi connectivity index (χ0) is 15.6. The van der Waals surface area contributed by atoms with Crippen molar-refractivity contribution in [1.82, 2.24) is 10.2 Å². The molecule has 2 rings (SSSR count). The van der Waals surface area contributed by atoms with Gasteiger partial charge in [-0.2, -0.15) is 5.10 Å². The summed E-state index contributed by atoms with van der Waals surface area (Å²) in [6, 6.07) is 5.13.